The van der Waals surface area contributed by atoms with Crippen molar-refractivity contribution in [2.24, 2.45) is 0 Å². The van der Waals surface area contributed by atoms with Gasteiger partial charge >= 0.3 is 12.0 Å². The van der Waals surface area contributed by atoms with Crippen molar-refractivity contribution >= 4 is 5.95 Å². The van der Waals surface area contributed by atoms with E-state index >= 15 is 0 Å². The van der Waals surface area contributed by atoms with Crippen LogP contribution in [-0.2, 0) is 4.74 Å². The maximum Gasteiger partial charge on any atom is 0.324 e. The van der Waals surface area contributed by atoms with Crippen molar-refractivity contribution < 1.29 is 14.2 Å². The fourth-order valence-electron chi connectivity index (χ4n) is 1.25. The van der Waals surface area contributed by atoms with Gasteiger partial charge in [0.15, 0.2) is 0 Å². The van der Waals surface area contributed by atoms with Crippen LogP contribution < -0.4 is 14.8 Å². The lowest BCUT2D eigenvalue weighted by Crippen LogP contribution is -2.20. The average molecular weight is 256 g/mol. The first-order valence-corrected chi connectivity index (χ1v) is 5.89. The molecule has 0 saturated carbocycles. The lowest BCUT2D eigenvalue weighted by atomic mass is 10.4. The number of nitrogens with zero attached hydrogens (tertiary/aromatic N) is 3. The van der Waals surface area contributed by atoms with Crippen molar-refractivity contribution in [2.75, 3.05) is 32.7 Å². The number of anilines is 1. The summed E-state index contributed by atoms with van der Waals surface area (Å²) >= 11 is 0. The van der Waals surface area contributed by atoms with Gasteiger partial charge in [-0.15, -0.1) is 4.98 Å². The summed E-state index contributed by atoms with van der Waals surface area (Å²) in [4.78, 5) is 12.2. The first-order valence-electron chi connectivity index (χ1n) is 5.89. The molecule has 0 aliphatic carbocycles. The van der Waals surface area contributed by atoms with E-state index in [2.05, 4.69) is 27.2 Å². The highest BCUT2D eigenvalue weighted by Gasteiger charge is 2.10. The molecule has 1 aromatic rings. The van der Waals surface area contributed by atoms with Gasteiger partial charge in [0, 0.05) is 13.7 Å². The fraction of sp³-hybridized carbons (Fsp3) is 0.727. The Morgan fingerprint density at radius 2 is 1.89 bits per heavy atom. The lowest BCUT2D eigenvalue weighted by Gasteiger charge is -2.13. The average Bonchev–Trinajstić information content (AvgIpc) is 2.36. The molecule has 0 aromatic carbocycles. The first-order chi connectivity index (χ1) is 8.69. The Bertz CT molecular complexity index is 362. The minimum Gasteiger partial charge on any atom is -0.467 e. The van der Waals surface area contributed by atoms with E-state index in [0.717, 1.165) is 13.0 Å². The Morgan fingerprint density at radius 3 is 2.50 bits per heavy atom. The van der Waals surface area contributed by atoms with E-state index in [1.54, 1.807) is 7.11 Å². The molecule has 102 valence electrons. The molecule has 1 N–H and O–H groups in total. The molecule has 1 heterocycles. The van der Waals surface area contributed by atoms with Crippen LogP contribution in [0.4, 0.5) is 5.95 Å². The number of aromatic nitrogens is 3. The van der Waals surface area contributed by atoms with Crippen molar-refractivity contribution in [2.45, 2.75) is 26.4 Å². The number of methoxy groups -OCH3 is 2. The molecule has 1 aromatic heterocycles. The molecule has 1 unspecified atom stereocenters. The van der Waals surface area contributed by atoms with Crippen LogP contribution in [-0.4, -0.2) is 48.4 Å². The summed E-state index contributed by atoms with van der Waals surface area (Å²) in [7, 11) is 3.11. The van der Waals surface area contributed by atoms with Gasteiger partial charge in [-0.2, -0.15) is 9.97 Å². The van der Waals surface area contributed by atoms with Gasteiger partial charge in [-0.25, -0.2) is 0 Å². The van der Waals surface area contributed by atoms with Crippen LogP contribution in [0.15, 0.2) is 0 Å². The predicted molar refractivity (Wildman–Crippen MR) is 67.1 cm³/mol. The zero-order chi connectivity index (χ0) is 13.4. The fourth-order valence-corrected chi connectivity index (χ4v) is 1.25. The third-order valence-corrected chi connectivity index (χ3v) is 2.02. The summed E-state index contributed by atoms with van der Waals surface area (Å²) in [6.45, 7) is 5.17. The summed E-state index contributed by atoms with van der Waals surface area (Å²) in [5.41, 5.74) is 0. The zero-order valence-electron chi connectivity index (χ0n) is 11.3. The third-order valence-electron chi connectivity index (χ3n) is 2.02. The number of rotatable bonds is 8. The molecular formula is C11H20N4O3. The second-order valence-electron chi connectivity index (χ2n) is 3.74. The van der Waals surface area contributed by atoms with Crippen LogP contribution >= 0.6 is 0 Å². The van der Waals surface area contributed by atoms with E-state index in [9.17, 15) is 0 Å². The molecule has 1 rings (SSSR count). The molecule has 18 heavy (non-hydrogen) atoms. The molecule has 0 fully saturated rings. The highest BCUT2D eigenvalue weighted by Crippen LogP contribution is 2.13. The first kappa shape index (κ1) is 14.4. The monoisotopic (exact) mass is 256 g/mol. The Kier molecular flexibility index (Phi) is 6.13. The summed E-state index contributed by atoms with van der Waals surface area (Å²) in [6.07, 6.45) is 0.839. The summed E-state index contributed by atoms with van der Waals surface area (Å²) in [5, 5.41) is 3.06. The van der Waals surface area contributed by atoms with Crippen molar-refractivity contribution in [1.82, 2.24) is 15.0 Å². The number of ether oxygens (including phenoxy) is 3. The van der Waals surface area contributed by atoms with Gasteiger partial charge in [-0.3, -0.25) is 0 Å². The predicted octanol–water partition coefficient (Wildman–Crippen LogP) is 1.12. The van der Waals surface area contributed by atoms with Crippen LogP contribution in [0, 0.1) is 0 Å². The van der Waals surface area contributed by atoms with Crippen LogP contribution in [0.3, 0.4) is 0 Å². The van der Waals surface area contributed by atoms with E-state index < -0.39 is 0 Å². The minimum absolute atomic E-state index is 0.138. The molecule has 0 amide bonds. The Labute approximate surface area is 107 Å². The standard InChI is InChI=1S/C11H20N4O3/c1-5-6-12-9-13-10(17-4)15-11(14-9)18-8(2)7-16-3/h8H,5-7H2,1-4H3,(H,12,13,14,15). The summed E-state index contributed by atoms with van der Waals surface area (Å²) in [6, 6.07) is 0.452. The maximum atomic E-state index is 5.51. The minimum atomic E-state index is -0.138. The molecule has 0 bridgehead atoms. The smallest absolute Gasteiger partial charge is 0.324 e. The topological polar surface area (TPSA) is 78.4 Å². The third kappa shape index (κ3) is 4.70. The van der Waals surface area contributed by atoms with Gasteiger partial charge in [0.05, 0.1) is 13.7 Å². The molecule has 0 spiro atoms. The molecule has 0 aliphatic heterocycles. The quantitative estimate of drug-likeness (QED) is 0.746. The van der Waals surface area contributed by atoms with Gasteiger partial charge in [0.25, 0.3) is 0 Å². The van der Waals surface area contributed by atoms with Crippen molar-refractivity contribution in [1.29, 1.82) is 0 Å². The van der Waals surface area contributed by atoms with E-state index in [0.29, 0.717) is 12.6 Å². The molecule has 7 nitrogen and oxygen atoms in total. The van der Waals surface area contributed by atoms with E-state index in [1.807, 2.05) is 6.92 Å². The summed E-state index contributed by atoms with van der Waals surface area (Å²) < 4.78 is 15.5. The molecular weight excluding hydrogens is 236 g/mol. The van der Waals surface area contributed by atoms with Crippen LogP contribution in [0.2, 0.25) is 0 Å². The SMILES string of the molecule is CCCNc1nc(OC)nc(OC(C)COC)n1. The van der Waals surface area contributed by atoms with Crippen LogP contribution in [0.25, 0.3) is 0 Å². The maximum absolute atomic E-state index is 5.51. The number of nitrogens with one attached hydrogen (secondary N) is 1. The molecule has 7 heteroatoms. The Hall–Kier alpha value is -1.63. The van der Waals surface area contributed by atoms with Gasteiger partial charge in [-0.05, 0) is 13.3 Å². The van der Waals surface area contributed by atoms with Crippen LogP contribution in [0.5, 0.6) is 12.0 Å². The van der Waals surface area contributed by atoms with Crippen molar-refractivity contribution in [3.05, 3.63) is 0 Å². The van der Waals surface area contributed by atoms with Crippen LogP contribution in [0.1, 0.15) is 20.3 Å². The lowest BCUT2D eigenvalue weighted by molar-refractivity contribution is 0.0848. The van der Waals surface area contributed by atoms with E-state index in [4.69, 9.17) is 14.2 Å². The second-order valence-corrected chi connectivity index (χ2v) is 3.74. The van der Waals surface area contributed by atoms with Gasteiger partial charge in [0.1, 0.15) is 6.10 Å². The largest absolute Gasteiger partial charge is 0.467 e. The van der Waals surface area contributed by atoms with Gasteiger partial charge in [0.2, 0.25) is 5.95 Å². The second kappa shape index (κ2) is 7.65. The molecule has 0 radical (unpaired) electrons. The zero-order valence-corrected chi connectivity index (χ0v) is 11.3. The normalized spacial score (nSPS) is 12.0. The van der Waals surface area contributed by atoms with E-state index in [1.165, 1.54) is 7.11 Å². The summed E-state index contributed by atoms with van der Waals surface area (Å²) in [5.74, 6) is 0.448. The van der Waals surface area contributed by atoms with Gasteiger partial charge in [-0.1, -0.05) is 6.92 Å². The molecule has 1 atom stereocenters. The molecule has 0 saturated heterocycles. The Balaban J connectivity index is 2.76. The highest BCUT2D eigenvalue weighted by atomic mass is 16.5. The number of hydrogen-bond donors (Lipinski definition) is 1. The van der Waals surface area contributed by atoms with Crippen molar-refractivity contribution in [3.63, 3.8) is 0 Å². The molecule has 0 aliphatic rings. The Morgan fingerprint density at radius 1 is 1.17 bits per heavy atom. The van der Waals surface area contributed by atoms with Crippen molar-refractivity contribution in [3.8, 4) is 12.0 Å². The van der Waals surface area contributed by atoms with E-state index in [-0.39, 0.29) is 18.1 Å². The van der Waals surface area contributed by atoms with Gasteiger partial charge < -0.3 is 19.5 Å². The number of hydrogen-bond acceptors (Lipinski definition) is 7. The highest BCUT2D eigenvalue weighted by molar-refractivity contribution is 5.27.